The Balaban J connectivity index is 1.60. The molecule has 40 heavy (non-hydrogen) atoms. The van der Waals surface area contributed by atoms with Crippen LogP contribution in [0.4, 0.5) is 4.39 Å². The van der Waals surface area contributed by atoms with Crippen LogP contribution in [0.15, 0.2) is 64.3 Å². The van der Waals surface area contributed by atoms with Crippen molar-refractivity contribution in [2.24, 2.45) is 0 Å². The minimum atomic E-state index is -3.57. The summed E-state index contributed by atoms with van der Waals surface area (Å²) in [6, 6.07) is 12.9. The Morgan fingerprint density at radius 1 is 1.23 bits per heavy atom. The fourth-order valence-corrected chi connectivity index (χ4v) is 6.67. The zero-order valence-corrected chi connectivity index (χ0v) is 24.0. The second kappa shape index (κ2) is 11.9. The fourth-order valence-electron chi connectivity index (χ4n) is 4.25. The van der Waals surface area contributed by atoms with E-state index >= 15 is 4.39 Å². The Morgan fingerprint density at radius 2 is 1.93 bits per heavy atom. The summed E-state index contributed by atoms with van der Waals surface area (Å²) in [6.07, 6.45) is -3.87. The summed E-state index contributed by atoms with van der Waals surface area (Å²) in [5, 5.41) is 15.3. The number of fused-ring (bicyclic) bond motifs is 1. The van der Waals surface area contributed by atoms with Crippen LogP contribution in [-0.2, 0) is 30.6 Å². The number of rotatable bonds is 10. The second-order valence-electron chi connectivity index (χ2n) is 9.84. The van der Waals surface area contributed by atoms with Gasteiger partial charge in [-0.15, -0.1) is 0 Å². The average Bonchev–Trinajstić information content (AvgIpc) is 3.11. The molecule has 216 valence electrons. The Morgan fingerprint density at radius 3 is 2.62 bits per heavy atom. The van der Waals surface area contributed by atoms with Gasteiger partial charge < -0.3 is 23.6 Å². The SMILES string of the molecule is CC(C)OC(=O)C(C)NP(=S)(OCC1OC(n2ccc(=O)[nH]c2=O)C(C)(F)C1O)Oc1cccc2ccccc12. The predicted molar refractivity (Wildman–Crippen MR) is 149 cm³/mol. The van der Waals surface area contributed by atoms with E-state index in [9.17, 15) is 19.5 Å². The van der Waals surface area contributed by atoms with Crippen LogP contribution in [0.25, 0.3) is 10.8 Å². The first kappa shape index (κ1) is 30.0. The summed E-state index contributed by atoms with van der Waals surface area (Å²) in [5.74, 6) is -0.195. The molecule has 3 N–H and O–H groups in total. The van der Waals surface area contributed by atoms with E-state index in [1.807, 2.05) is 35.3 Å². The van der Waals surface area contributed by atoms with Gasteiger partial charge in [-0.25, -0.2) is 14.3 Å². The number of aliphatic hydroxyl groups excluding tert-OH is 1. The van der Waals surface area contributed by atoms with E-state index in [1.165, 1.54) is 0 Å². The highest BCUT2D eigenvalue weighted by atomic mass is 32.5. The molecule has 3 aromatic rings. The van der Waals surface area contributed by atoms with Gasteiger partial charge >= 0.3 is 18.3 Å². The van der Waals surface area contributed by atoms with Crippen LogP contribution in [0.3, 0.4) is 0 Å². The zero-order valence-electron chi connectivity index (χ0n) is 22.3. The van der Waals surface area contributed by atoms with Gasteiger partial charge in [-0.2, -0.15) is 0 Å². The molecule has 0 radical (unpaired) electrons. The molecule has 4 rings (SSSR count). The molecule has 6 unspecified atom stereocenters. The fraction of sp³-hybridized carbons (Fsp3) is 0.423. The topological polar surface area (TPSA) is 141 Å². The molecule has 0 aliphatic carbocycles. The average molecular weight is 596 g/mol. The van der Waals surface area contributed by atoms with E-state index in [0.717, 1.165) is 34.5 Å². The van der Waals surface area contributed by atoms with Gasteiger partial charge in [0.1, 0.15) is 24.0 Å². The quantitative estimate of drug-likeness (QED) is 0.237. The van der Waals surface area contributed by atoms with Crippen LogP contribution in [0.2, 0.25) is 0 Å². The number of carbonyl (C=O) groups excluding carboxylic acids is 1. The highest BCUT2D eigenvalue weighted by Gasteiger charge is 2.55. The highest BCUT2D eigenvalue weighted by Crippen LogP contribution is 2.49. The van der Waals surface area contributed by atoms with Crippen LogP contribution in [0, 0.1) is 0 Å². The molecule has 0 bridgehead atoms. The molecule has 1 saturated heterocycles. The van der Waals surface area contributed by atoms with Gasteiger partial charge in [0.05, 0.1) is 12.7 Å². The lowest BCUT2D eigenvalue weighted by Gasteiger charge is -2.28. The molecule has 0 spiro atoms. The van der Waals surface area contributed by atoms with Crippen LogP contribution < -0.4 is 20.9 Å². The third-order valence-electron chi connectivity index (χ3n) is 6.25. The highest BCUT2D eigenvalue weighted by molar-refractivity contribution is 8.09. The lowest BCUT2D eigenvalue weighted by atomic mass is 9.98. The Hall–Kier alpha value is -2.93. The van der Waals surface area contributed by atoms with E-state index in [4.69, 9.17) is 30.3 Å². The second-order valence-corrected chi connectivity index (χ2v) is 13.0. The Kier molecular flexibility index (Phi) is 8.93. The van der Waals surface area contributed by atoms with Gasteiger partial charge in [0.25, 0.3) is 5.56 Å². The van der Waals surface area contributed by atoms with Crippen LogP contribution in [0.5, 0.6) is 5.75 Å². The molecule has 6 atom stereocenters. The van der Waals surface area contributed by atoms with Crippen molar-refractivity contribution in [1.82, 2.24) is 14.6 Å². The van der Waals surface area contributed by atoms with Gasteiger partial charge in [-0.3, -0.25) is 19.1 Å². The zero-order chi connectivity index (χ0) is 29.2. The van der Waals surface area contributed by atoms with E-state index < -0.39 is 60.6 Å². The predicted octanol–water partition coefficient (Wildman–Crippen LogP) is 2.93. The van der Waals surface area contributed by atoms with Gasteiger partial charge in [0.2, 0.25) is 0 Å². The van der Waals surface area contributed by atoms with Gasteiger partial charge in [0.15, 0.2) is 11.9 Å². The number of H-pyrrole nitrogens is 1. The normalized spacial score (nSPS) is 25.0. The largest absolute Gasteiger partial charge is 0.462 e. The number of halogens is 1. The summed E-state index contributed by atoms with van der Waals surface area (Å²) in [4.78, 5) is 38.3. The lowest BCUT2D eigenvalue weighted by molar-refractivity contribution is -0.149. The molecule has 1 aliphatic rings. The number of hydrogen-bond donors (Lipinski definition) is 3. The number of aromatic amines is 1. The number of nitrogens with zero attached hydrogens (tertiary/aromatic N) is 1. The van der Waals surface area contributed by atoms with Crippen LogP contribution in [0.1, 0.15) is 33.9 Å². The van der Waals surface area contributed by atoms with Crippen LogP contribution >= 0.6 is 6.64 Å². The van der Waals surface area contributed by atoms with Crippen molar-refractivity contribution in [3.8, 4) is 5.75 Å². The molecule has 0 saturated carbocycles. The molecule has 1 aromatic heterocycles. The summed E-state index contributed by atoms with van der Waals surface area (Å²) >= 11 is 5.77. The van der Waals surface area contributed by atoms with E-state index in [-0.39, 0.29) is 6.10 Å². The first-order valence-corrected chi connectivity index (χ1v) is 15.2. The van der Waals surface area contributed by atoms with E-state index in [2.05, 4.69) is 5.09 Å². The number of nitrogens with one attached hydrogen (secondary N) is 2. The van der Waals surface area contributed by atoms with Crippen molar-refractivity contribution >= 4 is 35.2 Å². The number of aliphatic hydroxyl groups is 1. The molecule has 0 amide bonds. The van der Waals surface area contributed by atoms with Crippen molar-refractivity contribution < 1.29 is 32.8 Å². The maximum atomic E-state index is 15.7. The van der Waals surface area contributed by atoms with Gasteiger partial charge in [-0.05, 0) is 51.0 Å². The monoisotopic (exact) mass is 595 g/mol. The number of alkyl halides is 1. The first-order valence-electron chi connectivity index (χ1n) is 12.5. The van der Waals surface area contributed by atoms with Crippen molar-refractivity contribution in [1.29, 1.82) is 0 Å². The third kappa shape index (κ3) is 6.51. The molecule has 2 heterocycles. The van der Waals surface area contributed by atoms with Crippen LogP contribution in [-0.4, -0.2) is 57.3 Å². The van der Waals surface area contributed by atoms with Gasteiger partial charge in [-0.1, -0.05) is 36.4 Å². The molecule has 2 aromatic carbocycles. The minimum Gasteiger partial charge on any atom is -0.462 e. The summed E-state index contributed by atoms with van der Waals surface area (Å²) < 4.78 is 39.6. The maximum Gasteiger partial charge on any atom is 0.330 e. The summed E-state index contributed by atoms with van der Waals surface area (Å²) in [6.45, 7) is 2.01. The number of hydrogen-bond acceptors (Lipinski definition) is 9. The van der Waals surface area contributed by atoms with Crippen molar-refractivity contribution in [3.05, 3.63) is 75.6 Å². The maximum absolute atomic E-state index is 15.7. The molecular weight excluding hydrogens is 564 g/mol. The molecule has 1 aliphatic heterocycles. The first-order chi connectivity index (χ1) is 18.8. The standard InChI is InChI=1S/C26H31FN3O8PS/c1-15(2)36-23(33)16(3)29-39(40,38-19-11-7-9-17-8-5-6-10-18(17)19)35-14-20-22(32)26(4,27)24(37-20)30-13-12-21(31)28-25(30)34/h5-13,15-16,20,22,24,32H,14H2,1-4H3,(H,29,40)(H,28,31,34). The van der Waals surface area contributed by atoms with Crippen molar-refractivity contribution in [2.75, 3.05) is 6.61 Å². The Bertz CT molecular complexity index is 1540. The summed E-state index contributed by atoms with van der Waals surface area (Å²) in [7, 11) is 0. The lowest BCUT2D eigenvalue weighted by Crippen LogP contribution is -2.43. The van der Waals surface area contributed by atoms with Crippen molar-refractivity contribution in [3.63, 3.8) is 0 Å². The number of ether oxygens (including phenoxy) is 2. The van der Waals surface area contributed by atoms with Gasteiger partial charge in [0, 0.05) is 17.6 Å². The van der Waals surface area contributed by atoms with E-state index in [1.54, 1.807) is 32.9 Å². The molecule has 14 heteroatoms. The molecular formula is C26H31FN3O8PS. The number of benzene rings is 2. The number of aromatic nitrogens is 2. The summed E-state index contributed by atoms with van der Waals surface area (Å²) in [5.41, 5.74) is -4.00. The smallest absolute Gasteiger partial charge is 0.330 e. The molecule has 11 nitrogen and oxygen atoms in total. The molecule has 1 fully saturated rings. The van der Waals surface area contributed by atoms with E-state index in [0.29, 0.717) is 5.75 Å². The number of carbonyl (C=O) groups is 1. The Labute approximate surface area is 234 Å². The van der Waals surface area contributed by atoms with Crippen molar-refractivity contribution in [2.45, 2.75) is 63.9 Å². The minimum absolute atomic E-state index is 0.368. The number of esters is 1. The third-order valence-corrected chi connectivity index (χ3v) is 8.74.